The number of para-hydroxylation sites is 2. The van der Waals surface area contributed by atoms with Gasteiger partial charge in [-0.25, -0.2) is 0 Å². The lowest BCUT2D eigenvalue weighted by Gasteiger charge is -2.38. The van der Waals surface area contributed by atoms with E-state index in [-0.39, 0.29) is 12.5 Å². The second-order valence-corrected chi connectivity index (χ2v) is 7.01. The van der Waals surface area contributed by atoms with Crippen molar-refractivity contribution in [1.29, 1.82) is 0 Å². The standard InChI is InChI=1S/C19H27N5O3/c1-4-27-17(25)13-20-19(11-9-14(2)10-12-19)18-21-22-23-24(18)15-7-5-6-8-16(15)26-3/h5-8,14,20H,4,9-13H2,1-3H3. The van der Waals surface area contributed by atoms with E-state index >= 15 is 0 Å². The zero-order chi connectivity index (χ0) is 19.3. The highest BCUT2D eigenvalue weighted by atomic mass is 16.5. The first-order valence-electron chi connectivity index (χ1n) is 9.42. The number of hydrogen-bond acceptors (Lipinski definition) is 7. The Kier molecular flexibility index (Phi) is 6.05. The highest BCUT2D eigenvalue weighted by Gasteiger charge is 2.41. The third-order valence-corrected chi connectivity index (χ3v) is 5.22. The fourth-order valence-corrected chi connectivity index (χ4v) is 3.64. The number of methoxy groups -OCH3 is 1. The average molecular weight is 373 g/mol. The third kappa shape index (κ3) is 4.10. The van der Waals surface area contributed by atoms with E-state index < -0.39 is 5.54 Å². The van der Waals surface area contributed by atoms with Crippen molar-refractivity contribution >= 4 is 5.97 Å². The summed E-state index contributed by atoms with van der Waals surface area (Å²) in [4.78, 5) is 12.0. The number of rotatable bonds is 7. The number of carbonyl (C=O) groups excluding carboxylic acids is 1. The first-order chi connectivity index (χ1) is 13.1. The minimum atomic E-state index is -0.483. The summed E-state index contributed by atoms with van der Waals surface area (Å²) in [7, 11) is 1.62. The third-order valence-electron chi connectivity index (χ3n) is 5.22. The summed E-state index contributed by atoms with van der Waals surface area (Å²) in [5.41, 5.74) is 0.291. The molecular formula is C19H27N5O3. The van der Waals surface area contributed by atoms with Crippen LogP contribution in [0.2, 0.25) is 0 Å². The molecule has 0 saturated heterocycles. The molecule has 0 unspecified atom stereocenters. The van der Waals surface area contributed by atoms with Crippen LogP contribution in [-0.2, 0) is 15.1 Å². The normalized spacial score (nSPS) is 22.4. The largest absolute Gasteiger partial charge is 0.494 e. The van der Waals surface area contributed by atoms with Gasteiger partial charge in [0.1, 0.15) is 11.4 Å². The van der Waals surface area contributed by atoms with Gasteiger partial charge in [0.25, 0.3) is 0 Å². The number of esters is 1. The Morgan fingerprint density at radius 2 is 2.07 bits per heavy atom. The van der Waals surface area contributed by atoms with Gasteiger partial charge >= 0.3 is 5.97 Å². The molecule has 0 radical (unpaired) electrons. The van der Waals surface area contributed by atoms with Crippen molar-refractivity contribution in [3.05, 3.63) is 30.1 Å². The SMILES string of the molecule is CCOC(=O)CNC1(c2nnnn2-c2ccccc2OC)CCC(C)CC1. The second-order valence-electron chi connectivity index (χ2n) is 7.01. The van der Waals surface area contributed by atoms with E-state index in [1.807, 2.05) is 24.3 Å². The number of carbonyl (C=O) groups is 1. The highest BCUT2D eigenvalue weighted by molar-refractivity contribution is 5.71. The van der Waals surface area contributed by atoms with Crippen molar-refractivity contribution in [2.75, 3.05) is 20.3 Å². The summed E-state index contributed by atoms with van der Waals surface area (Å²) in [6, 6.07) is 7.63. The van der Waals surface area contributed by atoms with E-state index in [0.717, 1.165) is 31.4 Å². The van der Waals surface area contributed by atoms with Crippen LogP contribution in [0, 0.1) is 5.92 Å². The molecule has 1 aromatic carbocycles. The molecule has 1 N–H and O–H groups in total. The van der Waals surface area contributed by atoms with E-state index in [1.54, 1.807) is 18.7 Å². The Morgan fingerprint density at radius 1 is 1.33 bits per heavy atom. The number of aromatic nitrogens is 4. The maximum atomic E-state index is 12.0. The van der Waals surface area contributed by atoms with Gasteiger partial charge in [0.2, 0.25) is 0 Å². The molecule has 0 spiro atoms. The van der Waals surface area contributed by atoms with Crippen LogP contribution in [-0.4, -0.2) is 46.4 Å². The van der Waals surface area contributed by atoms with E-state index in [9.17, 15) is 4.79 Å². The Labute approximate surface area is 159 Å². The Morgan fingerprint density at radius 3 is 2.78 bits per heavy atom. The molecule has 2 aromatic rings. The van der Waals surface area contributed by atoms with Crippen LogP contribution in [0.5, 0.6) is 5.75 Å². The fraction of sp³-hybridized carbons (Fsp3) is 0.579. The zero-order valence-electron chi connectivity index (χ0n) is 16.1. The summed E-state index contributed by atoms with van der Waals surface area (Å²) in [5.74, 6) is 1.75. The van der Waals surface area contributed by atoms with Gasteiger partial charge in [-0.05, 0) is 61.1 Å². The molecule has 1 saturated carbocycles. The lowest BCUT2D eigenvalue weighted by Crippen LogP contribution is -2.49. The van der Waals surface area contributed by atoms with Gasteiger partial charge in [-0.15, -0.1) is 5.10 Å². The van der Waals surface area contributed by atoms with Gasteiger partial charge in [0.15, 0.2) is 5.82 Å². The molecule has 8 heteroatoms. The second kappa shape index (κ2) is 8.47. The molecule has 0 aliphatic heterocycles. The van der Waals surface area contributed by atoms with Gasteiger partial charge in [-0.2, -0.15) is 4.68 Å². The molecule has 3 rings (SSSR count). The molecule has 0 bridgehead atoms. The smallest absolute Gasteiger partial charge is 0.319 e. The lowest BCUT2D eigenvalue weighted by atomic mass is 9.76. The Hall–Kier alpha value is -2.48. The minimum Gasteiger partial charge on any atom is -0.494 e. The lowest BCUT2D eigenvalue weighted by molar-refractivity contribution is -0.142. The summed E-state index contributed by atoms with van der Waals surface area (Å²) >= 11 is 0. The summed E-state index contributed by atoms with van der Waals surface area (Å²) in [6.45, 7) is 4.54. The molecule has 1 fully saturated rings. The van der Waals surface area contributed by atoms with Gasteiger partial charge in [-0.1, -0.05) is 19.1 Å². The van der Waals surface area contributed by atoms with Crippen LogP contribution in [0.3, 0.4) is 0 Å². The zero-order valence-corrected chi connectivity index (χ0v) is 16.1. The molecule has 27 heavy (non-hydrogen) atoms. The number of tetrazole rings is 1. The maximum absolute atomic E-state index is 12.0. The number of hydrogen-bond donors (Lipinski definition) is 1. The van der Waals surface area contributed by atoms with E-state index in [1.165, 1.54) is 0 Å². The van der Waals surface area contributed by atoms with Crippen LogP contribution in [0.1, 0.15) is 45.4 Å². The maximum Gasteiger partial charge on any atom is 0.319 e. The van der Waals surface area contributed by atoms with E-state index in [2.05, 4.69) is 27.8 Å². The first-order valence-corrected chi connectivity index (χ1v) is 9.42. The van der Waals surface area contributed by atoms with Crippen LogP contribution in [0.15, 0.2) is 24.3 Å². The predicted octanol–water partition coefficient (Wildman–Crippen LogP) is 2.23. The molecule has 1 aliphatic carbocycles. The summed E-state index contributed by atoms with van der Waals surface area (Å²) < 4.78 is 12.3. The molecule has 146 valence electrons. The number of ether oxygens (including phenoxy) is 2. The fourth-order valence-electron chi connectivity index (χ4n) is 3.64. The average Bonchev–Trinajstić information content (AvgIpc) is 3.18. The van der Waals surface area contributed by atoms with Gasteiger partial charge in [0, 0.05) is 0 Å². The quantitative estimate of drug-likeness (QED) is 0.744. The topological polar surface area (TPSA) is 91.2 Å². The Bertz CT molecular complexity index is 768. The molecule has 8 nitrogen and oxygen atoms in total. The minimum absolute atomic E-state index is 0.126. The van der Waals surface area contributed by atoms with Gasteiger partial charge in [-0.3, -0.25) is 10.1 Å². The molecule has 1 heterocycles. The van der Waals surface area contributed by atoms with Crippen molar-refractivity contribution in [3.8, 4) is 11.4 Å². The summed E-state index contributed by atoms with van der Waals surface area (Å²) in [6.07, 6.45) is 3.77. The van der Waals surface area contributed by atoms with Crippen molar-refractivity contribution in [2.45, 2.75) is 45.1 Å². The van der Waals surface area contributed by atoms with Crippen molar-refractivity contribution in [1.82, 2.24) is 25.5 Å². The van der Waals surface area contributed by atoms with Crippen LogP contribution in [0.25, 0.3) is 5.69 Å². The molecule has 1 aliphatic rings. The van der Waals surface area contributed by atoms with Gasteiger partial charge < -0.3 is 9.47 Å². The molecule has 1 aromatic heterocycles. The molecule has 0 amide bonds. The van der Waals surface area contributed by atoms with Crippen LogP contribution in [0.4, 0.5) is 0 Å². The van der Waals surface area contributed by atoms with Crippen molar-refractivity contribution in [3.63, 3.8) is 0 Å². The number of benzene rings is 1. The van der Waals surface area contributed by atoms with E-state index in [0.29, 0.717) is 24.1 Å². The van der Waals surface area contributed by atoms with Crippen molar-refractivity contribution in [2.24, 2.45) is 5.92 Å². The van der Waals surface area contributed by atoms with Crippen LogP contribution < -0.4 is 10.1 Å². The first kappa shape index (κ1) is 19.3. The van der Waals surface area contributed by atoms with Gasteiger partial charge in [0.05, 0.1) is 25.8 Å². The predicted molar refractivity (Wildman–Crippen MR) is 99.7 cm³/mol. The molecule has 0 atom stereocenters. The number of nitrogens with one attached hydrogen (secondary N) is 1. The highest BCUT2D eigenvalue weighted by Crippen LogP contribution is 2.39. The Balaban J connectivity index is 1.96. The summed E-state index contributed by atoms with van der Waals surface area (Å²) in [5, 5.41) is 15.9. The molecular weight excluding hydrogens is 346 g/mol. The monoisotopic (exact) mass is 373 g/mol. The van der Waals surface area contributed by atoms with Crippen LogP contribution >= 0.6 is 0 Å². The van der Waals surface area contributed by atoms with Crippen molar-refractivity contribution < 1.29 is 14.3 Å². The van der Waals surface area contributed by atoms with E-state index in [4.69, 9.17) is 9.47 Å². The number of nitrogens with zero attached hydrogens (tertiary/aromatic N) is 4.